The molecule has 3 aliphatic rings. The third-order valence-corrected chi connectivity index (χ3v) is 6.34. The molecule has 0 spiro atoms. The summed E-state index contributed by atoms with van der Waals surface area (Å²) in [6.45, 7) is 1.61. The summed E-state index contributed by atoms with van der Waals surface area (Å²) in [4.78, 5) is 25.3. The smallest absolute Gasteiger partial charge is 0.232 e. The first-order valence-electron chi connectivity index (χ1n) is 7.76. The van der Waals surface area contributed by atoms with Crippen LogP contribution in [0.4, 0.5) is 0 Å². The molecule has 22 heavy (non-hydrogen) atoms. The summed E-state index contributed by atoms with van der Waals surface area (Å²) in [5.74, 6) is -1.25. The molecule has 0 aliphatic heterocycles. The van der Waals surface area contributed by atoms with Crippen LogP contribution in [0.15, 0.2) is 30.3 Å². The fraction of sp³-hybridized carbons (Fsp3) is 0.556. The lowest BCUT2D eigenvalue weighted by Gasteiger charge is -2.33. The number of methoxy groups -OCH3 is 2. The summed E-state index contributed by atoms with van der Waals surface area (Å²) in [7, 11) is 3.01. The van der Waals surface area contributed by atoms with Crippen molar-refractivity contribution in [3.8, 4) is 0 Å². The molecule has 4 heteroatoms. The third kappa shape index (κ3) is 1.28. The van der Waals surface area contributed by atoms with Gasteiger partial charge in [0.1, 0.15) is 5.78 Å². The molecule has 0 saturated heterocycles. The second-order valence-corrected chi connectivity index (χ2v) is 6.74. The number of rotatable bonds is 4. The van der Waals surface area contributed by atoms with E-state index in [9.17, 15) is 9.59 Å². The Kier molecular flexibility index (Phi) is 2.73. The molecule has 4 rings (SSSR count). The first kappa shape index (κ1) is 14.1. The average molecular weight is 300 g/mol. The third-order valence-electron chi connectivity index (χ3n) is 6.34. The lowest BCUT2D eigenvalue weighted by atomic mass is 9.84. The number of fused-ring (bicyclic) bond motifs is 1. The van der Waals surface area contributed by atoms with Gasteiger partial charge in [-0.15, -0.1) is 0 Å². The molecule has 4 nitrogen and oxygen atoms in total. The largest absolute Gasteiger partial charge is 0.347 e. The summed E-state index contributed by atoms with van der Waals surface area (Å²) in [6.07, 6.45) is 0.762. The fourth-order valence-corrected chi connectivity index (χ4v) is 5.59. The number of ketones is 2. The van der Waals surface area contributed by atoms with Crippen molar-refractivity contribution in [2.24, 2.45) is 23.2 Å². The van der Waals surface area contributed by atoms with E-state index in [0.29, 0.717) is 0 Å². The molecule has 0 N–H and O–H groups in total. The van der Waals surface area contributed by atoms with Crippen LogP contribution in [0.2, 0.25) is 0 Å². The Morgan fingerprint density at radius 1 is 1.18 bits per heavy atom. The maximum atomic E-state index is 12.9. The number of Topliss-reactive ketones (excluding diaryl/α,β-unsaturated/α-hetero) is 2. The van der Waals surface area contributed by atoms with Crippen LogP contribution in [-0.2, 0) is 19.1 Å². The van der Waals surface area contributed by atoms with E-state index in [1.165, 1.54) is 19.8 Å². The minimum absolute atomic E-state index is 0.0406. The molecular formula is C18H20O4. The van der Waals surface area contributed by atoms with E-state index < -0.39 is 11.2 Å². The molecule has 0 amide bonds. The maximum Gasteiger partial charge on any atom is 0.232 e. The van der Waals surface area contributed by atoms with Gasteiger partial charge in [0.25, 0.3) is 0 Å². The van der Waals surface area contributed by atoms with Crippen molar-refractivity contribution >= 4 is 11.6 Å². The average Bonchev–Trinajstić information content (AvgIpc) is 3.06. The number of carbonyl (C=O) groups is 2. The molecular weight excluding hydrogens is 280 g/mol. The Labute approximate surface area is 129 Å². The second-order valence-electron chi connectivity index (χ2n) is 6.74. The van der Waals surface area contributed by atoms with Gasteiger partial charge in [-0.3, -0.25) is 9.59 Å². The zero-order valence-corrected chi connectivity index (χ0v) is 13.0. The van der Waals surface area contributed by atoms with Crippen molar-refractivity contribution in [3.63, 3.8) is 0 Å². The zero-order chi connectivity index (χ0) is 15.7. The summed E-state index contributed by atoms with van der Waals surface area (Å²) >= 11 is 0. The molecule has 0 aromatic heterocycles. The van der Waals surface area contributed by atoms with Crippen LogP contribution in [0.1, 0.15) is 24.8 Å². The number of ether oxygens (including phenoxy) is 2. The van der Waals surface area contributed by atoms with Crippen LogP contribution in [0.3, 0.4) is 0 Å². The Morgan fingerprint density at radius 2 is 1.82 bits per heavy atom. The number of hydrogen-bond acceptors (Lipinski definition) is 4. The van der Waals surface area contributed by atoms with E-state index in [-0.39, 0.29) is 35.2 Å². The van der Waals surface area contributed by atoms with Gasteiger partial charge < -0.3 is 9.47 Å². The summed E-state index contributed by atoms with van der Waals surface area (Å²) < 4.78 is 11.1. The van der Waals surface area contributed by atoms with Gasteiger partial charge in [-0.2, -0.15) is 0 Å². The van der Waals surface area contributed by atoms with Crippen LogP contribution in [-0.4, -0.2) is 31.6 Å². The molecule has 3 fully saturated rings. The van der Waals surface area contributed by atoms with E-state index in [1.807, 2.05) is 18.2 Å². The highest BCUT2D eigenvalue weighted by Gasteiger charge is 2.90. The Balaban J connectivity index is 1.83. The monoisotopic (exact) mass is 300 g/mol. The van der Waals surface area contributed by atoms with Crippen LogP contribution in [0.25, 0.3) is 0 Å². The first-order chi connectivity index (χ1) is 10.6. The van der Waals surface area contributed by atoms with E-state index >= 15 is 0 Å². The van der Waals surface area contributed by atoms with Gasteiger partial charge in [0.2, 0.25) is 5.79 Å². The molecule has 116 valence electrons. The Hall–Kier alpha value is -1.52. The van der Waals surface area contributed by atoms with Crippen molar-refractivity contribution in [3.05, 3.63) is 35.9 Å². The summed E-state index contributed by atoms with van der Waals surface area (Å²) in [6, 6.07) is 10.2. The quantitative estimate of drug-likeness (QED) is 0.800. The van der Waals surface area contributed by atoms with E-state index in [4.69, 9.17) is 9.47 Å². The lowest BCUT2D eigenvalue weighted by Crippen LogP contribution is -2.47. The van der Waals surface area contributed by atoms with Gasteiger partial charge >= 0.3 is 0 Å². The SMILES string of the molecule is COC1(OC)C(=O)[C@@H]2[C@@H]3[C@@H](c4ccccc4)C[C@H]1[C@@]32C(C)=O. The maximum absolute atomic E-state index is 12.9. The fourth-order valence-electron chi connectivity index (χ4n) is 5.59. The number of hydrogen-bond donors (Lipinski definition) is 0. The summed E-state index contributed by atoms with van der Waals surface area (Å²) in [5.41, 5.74) is 0.641. The molecule has 3 saturated carbocycles. The Morgan fingerprint density at radius 3 is 2.32 bits per heavy atom. The van der Waals surface area contributed by atoms with Gasteiger partial charge in [0.15, 0.2) is 5.78 Å². The number of benzene rings is 1. The van der Waals surface area contributed by atoms with E-state index in [2.05, 4.69) is 12.1 Å². The Bertz CT molecular complexity index is 648. The van der Waals surface area contributed by atoms with Gasteiger partial charge in [-0.1, -0.05) is 30.3 Å². The minimum atomic E-state index is -1.24. The van der Waals surface area contributed by atoms with Gasteiger partial charge in [-0.25, -0.2) is 0 Å². The molecule has 0 radical (unpaired) electrons. The van der Waals surface area contributed by atoms with Gasteiger partial charge in [0.05, 0.1) is 5.41 Å². The normalized spacial score (nSPS) is 40.6. The van der Waals surface area contributed by atoms with Gasteiger partial charge in [-0.05, 0) is 30.7 Å². The minimum Gasteiger partial charge on any atom is -0.347 e. The molecule has 0 unspecified atom stereocenters. The topological polar surface area (TPSA) is 52.6 Å². The van der Waals surface area contributed by atoms with Crippen LogP contribution >= 0.6 is 0 Å². The van der Waals surface area contributed by atoms with Crippen molar-refractivity contribution < 1.29 is 19.1 Å². The van der Waals surface area contributed by atoms with Crippen molar-refractivity contribution in [2.45, 2.75) is 25.0 Å². The molecule has 0 bridgehead atoms. The van der Waals surface area contributed by atoms with Crippen LogP contribution in [0.5, 0.6) is 0 Å². The van der Waals surface area contributed by atoms with Crippen LogP contribution in [0, 0.1) is 23.2 Å². The van der Waals surface area contributed by atoms with Gasteiger partial charge in [0, 0.05) is 26.1 Å². The molecule has 3 aliphatic carbocycles. The predicted molar refractivity (Wildman–Crippen MR) is 79.1 cm³/mol. The zero-order valence-electron chi connectivity index (χ0n) is 13.0. The predicted octanol–water partition coefficient (Wildman–Crippen LogP) is 2.18. The lowest BCUT2D eigenvalue weighted by molar-refractivity contribution is -0.226. The molecule has 5 atom stereocenters. The molecule has 0 heterocycles. The second kappa shape index (κ2) is 4.27. The van der Waals surface area contributed by atoms with Crippen molar-refractivity contribution in [1.29, 1.82) is 0 Å². The molecule has 1 aromatic carbocycles. The number of carbonyl (C=O) groups excluding carboxylic acids is 2. The van der Waals surface area contributed by atoms with E-state index in [1.54, 1.807) is 6.92 Å². The van der Waals surface area contributed by atoms with Crippen LogP contribution < -0.4 is 0 Å². The first-order valence-corrected chi connectivity index (χ1v) is 7.76. The highest BCUT2D eigenvalue weighted by molar-refractivity contribution is 6.06. The standard InChI is InChI=1S/C18H20O4/c1-10(19)17-13-9-12(11-7-5-4-6-8-11)14(17)15(17)16(20)18(13,21-2)22-3/h4-8,12-15H,9H2,1-3H3/t12-,13+,14+,15+,17+/m1/s1. The molecule has 1 aromatic rings. The van der Waals surface area contributed by atoms with E-state index in [0.717, 1.165) is 6.42 Å². The van der Waals surface area contributed by atoms with Crippen molar-refractivity contribution in [2.75, 3.05) is 14.2 Å². The highest BCUT2D eigenvalue weighted by atomic mass is 16.7. The summed E-state index contributed by atoms with van der Waals surface area (Å²) in [5, 5.41) is 0. The highest BCUT2D eigenvalue weighted by Crippen LogP contribution is 2.82. The van der Waals surface area contributed by atoms with Crippen molar-refractivity contribution in [1.82, 2.24) is 0 Å².